The van der Waals surface area contributed by atoms with Crippen molar-refractivity contribution >= 4 is 11.9 Å². The van der Waals surface area contributed by atoms with Crippen molar-refractivity contribution in [3.05, 3.63) is 71.8 Å². The summed E-state index contributed by atoms with van der Waals surface area (Å²) in [7, 11) is 0. The van der Waals surface area contributed by atoms with Crippen molar-refractivity contribution in [3.8, 4) is 0 Å². The Morgan fingerprint density at radius 2 is 1.00 bits per heavy atom. The largest absolute Gasteiger partial charge is 0.480 e. The van der Waals surface area contributed by atoms with Gasteiger partial charge in [-0.05, 0) is 24.0 Å². The van der Waals surface area contributed by atoms with Crippen LogP contribution < -0.4 is 11.5 Å². The average Bonchev–Trinajstić information content (AvgIpc) is 2.68. The van der Waals surface area contributed by atoms with E-state index in [4.69, 9.17) is 21.7 Å². The summed E-state index contributed by atoms with van der Waals surface area (Å²) < 4.78 is 0. The van der Waals surface area contributed by atoms with Gasteiger partial charge in [0.25, 0.3) is 0 Å². The molecule has 2 rings (SSSR count). The van der Waals surface area contributed by atoms with Crippen LogP contribution in [-0.4, -0.2) is 22.2 Å². The molecule has 0 aliphatic rings. The van der Waals surface area contributed by atoms with E-state index in [9.17, 15) is 9.59 Å². The minimum absolute atomic E-state index is 0. The van der Waals surface area contributed by atoms with Crippen molar-refractivity contribution in [3.63, 3.8) is 0 Å². The van der Waals surface area contributed by atoms with E-state index in [1.165, 1.54) is 0 Å². The van der Waals surface area contributed by atoms with Gasteiger partial charge in [0.1, 0.15) is 11.1 Å². The number of benzene rings is 2. The van der Waals surface area contributed by atoms with Crippen LogP contribution in [0.3, 0.4) is 0 Å². The molecule has 0 amide bonds. The van der Waals surface area contributed by atoms with Gasteiger partial charge in [-0.15, -0.1) is 0 Å². The normalized spacial score (nSPS) is 14.4. The van der Waals surface area contributed by atoms with E-state index in [1.807, 2.05) is 12.1 Å². The SMILES string of the molecule is CCC(N)(C(=O)O)c1ccccc1.CCC(N)(C(=O)O)c1ccccc1.[Zn]. The zero-order valence-electron chi connectivity index (χ0n) is 15.8. The van der Waals surface area contributed by atoms with Crippen LogP contribution in [0.25, 0.3) is 0 Å². The topological polar surface area (TPSA) is 127 Å². The Labute approximate surface area is 172 Å². The number of hydrogen-bond acceptors (Lipinski definition) is 4. The van der Waals surface area contributed by atoms with Gasteiger partial charge in [0.2, 0.25) is 0 Å². The number of carboxylic acid groups (broad SMARTS) is 2. The number of hydrogen-bond donors (Lipinski definition) is 4. The number of carbonyl (C=O) groups is 2. The van der Waals surface area contributed by atoms with Crippen molar-refractivity contribution in [2.45, 2.75) is 37.8 Å². The molecular formula is C20H26N2O4Zn. The Morgan fingerprint density at radius 3 is 1.19 bits per heavy atom. The number of nitrogens with two attached hydrogens (primary N) is 2. The maximum absolute atomic E-state index is 10.9. The summed E-state index contributed by atoms with van der Waals surface area (Å²) in [6.45, 7) is 3.53. The second-order valence-electron chi connectivity index (χ2n) is 5.99. The standard InChI is InChI=1S/2C10H13NO2.Zn/c2*1-2-10(11,9(12)13)8-6-4-3-5-7-8;/h2*3-7H,2,11H2,1H3,(H,12,13);. The summed E-state index contributed by atoms with van der Waals surface area (Å²) in [5, 5.41) is 17.9. The van der Waals surface area contributed by atoms with Crippen LogP contribution in [0.4, 0.5) is 0 Å². The van der Waals surface area contributed by atoms with E-state index < -0.39 is 23.0 Å². The van der Waals surface area contributed by atoms with Crippen molar-refractivity contribution in [2.24, 2.45) is 11.5 Å². The molecule has 0 aliphatic carbocycles. The summed E-state index contributed by atoms with van der Waals surface area (Å²) in [4.78, 5) is 21.9. The molecule has 2 unspecified atom stereocenters. The predicted octanol–water partition coefficient (Wildman–Crippen LogP) is 2.67. The zero-order chi connectivity index (χ0) is 19.8. The van der Waals surface area contributed by atoms with Gasteiger partial charge < -0.3 is 21.7 Å². The summed E-state index contributed by atoms with van der Waals surface area (Å²) in [5.41, 5.74) is 10.3. The van der Waals surface area contributed by atoms with Crippen molar-refractivity contribution in [1.82, 2.24) is 0 Å². The first-order valence-electron chi connectivity index (χ1n) is 8.38. The van der Waals surface area contributed by atoms with Gasteiger partial charge >= 0.3 is 11.9 Å². The molecule has 7 heteroatoms. The fourth-order valence-electron chi connectivity index (χ4n) is 2.43. The summed E-state index contributed by atoms with van der Waals surface area (Å²) in [5.74, 6) is -1.97. The van der Waals surface area contributed by atoms with Gasteiger partial charge in [0.15, 0.2) is 0 Å². The van der Waals surface area contributed by atoms with Crippen LogP contribution in [0.5, 0.6) is 0 Å². The Bertz CT molecular complexity index is 664. The second-order valence-corrected chi connectivity index (χ2v) is 5.99. The molecule has 6 nitrogen and oxygen atoms in total. The third-order valence-electron chi connectivity index (χ3n) is 4.46. The zero-order valence-corrected chi connectivity index (χ0v) is 18.7. The molecule has 6 N–H and O–H groups in total. The Balaban J connectivity index is 0.000000483. The third-order valence-corrected chi connectivity index (χ3v) is 4.46. The average molecular weight is 424 g/mol. The van der Waals surface area contributed by atoms with Crippen LogP contribution in [0.2, 0.25) is 0 Å². The summed E-state index contributed by atoms with van der Waals surface area (Å²) in [6.07, 6.45) is 0.763. The molecule has 0 aromatic heterocycles. The Kier molecular flexibility index (Phi) is 10.1. The second kappa shape index (κ2) is 10.9. The number of carboxylic acids is 2. The number of rotatable bonds is 6. The molecule has 0 saturated heterocycles. The maximum Gasteiger partial charge on any atom is 0.328 e. The van der Waals surface area contributed by atoms with Gasteiger partial charge in [-0.2, -0.15) is 0 Å². The van der Waals surface area contributed by atoms with E-state index >= 15 is 0 Å². The Morgan fingerprint density at radius 1 is 0.741 bits per heavy atom. The molecule has 0 radical (unpaired) electrons. The fourth-order valence-corrected chi connectivity index (χ4v) is 2.43. The van der Waals surface area contributed by atoms with Gasteiger partial charge in [0.05, 0.1) is 0 Å². The van der Waals surface area contributed by atoms with E-state index in [0.29, 0.717) is 24.0 Å². The molecule has 0 heterocycles. The van der Waals surface area contributed by atoms with Gasteiger partial charge in [0, 0.05) is 19.5 Å². The molecule has 0 spiro atoms. The van der Waals surface area contributed by atoms with E-state index in [1.54, 1.807) is 62.4 Å². The minimum atomic E-state index is -1.25. The predicted molar refractivity (Wildman–Crippen MR) is 100 cm³/mol. The molecule has 0 saturated carbocycles. The molecule has 0 fully saturated rings. The summed E-state index contributed by atoms with van der Waals surface area (Å²) in [6, 6.07) is 17.8. The molecular weight excluding hydrogens is 398 g/mol. The summed E-state index contributed by atoms with van der Waals surface area (Å²) >= 11 is 0. The van der Waals surface area contributed by atoms with E-state index in [-0.39, 0.29) is 19.5 Å². The van der Waals surface area contributed by atoms with Crippen LogP contribution in [-0.2, 0) is 40.1 Å². The third kappa shape index (κ3) is 5.96. The molecule has 2 aromatic carbocycles. The van der Waals surface area contributed by atoms with Crippen molar-refractivity contribution < 1.29 is 39.3 Å². The van der Waals surface area contributed by atoms with Crippen molar-refractivity contribution in [1.29, 1.82) is 0 Å². The first-order chi connectivity index (χ1) is 12.2. The van der Waals surface area contributed by atoms with Crippen LogP contribution in [0.1, 0.15) is 37.8 Å². The monoisotopic (exact) mass is 422 g/mol. The van der Waals surface area contributed by atoms with Gasteiger partial charge in [-0.25, -0.2) is 9.59 Å². The Hall–Kier alpha value is -2.08. The first-order valence-corrected chi connectivity index (χ1v) is 8.38. The molecule has 2 atom stereocenters. The van der Waals surface area contributed by atoms with Crippen molar-refractivity contribution in [2.75, 3.05) is 0 Å². The molecule has 0 aliphatic heterocycles. The van der Waals surface area contributed by atoms with Crippen LogP contribution in [0.15, 0.2) is 60.7 Å². The molecule has 142 valence electrons. The van der Waals surface area contributed by atoms with Gasteiger partial charge in [-0.3, -0.25) is 0 Å². The van der Waals surface area contributed by atoms with E-state index in [2.05, 4.69) is 0 Å². The minimum Gasteiger partial charge on any atom is -0.480 e. The molecule has 0 bridgehead atoms. The number of aliphatic carboxylic acids is 2. The van der Waals surface area contributed by atoms with Gasteiger partial charge in [-0.1, -0.05) is 74.5 Å². The fraction of sp³-hybridized carbons (Fsp3) is 0.300. The van der Waals surface area contributed by atoms with Crippen LogP contribution >= 0.6 is 0 Å². The smallest absolute Gasteiger partial charge is 0.328 e. The maximum atomic E-state index is 10.9. The quantitative estimate of drug-likeness (QED) is 0.529. The van der Waals surface area contributed by atoms with Crippen LogP contribution in [0, 0.1) is 0 Å². The first kappa shape index (κ1) is 24.9. The molecule has 27 heavy (non-hydrogen) atoms. The van der Waals surface area contributed by atoms with E-state index in [0.717, 1.165) is 0 Å². The molecule has 2 aromatic rings.